The Morgan fingerprint density at radius 3 is 3.00 bits per heavy atom. The highest BCUT2D eigenvalue weighted by Crippen LogP contribution is 2.18. The molecule has 0 aliphatic rings. The van der Waals surface area contributed by atoms with Crippen LogP contribution in [0.4, 0.5) is 0 Å². The zero-order valence-electron chi connectivity index (χ0n) is 8.65. The van der Waals surface area contributed by atoms with Gasteiger partial charge in [0.2, 0.25) is 0 Å². The Kier molecular flexibility index (Phi) is 2.68. The average Bonchev–Trinajstić information content (AvgIpc) is 2.62. The fourth-order valence-electron chi connectivity index (χ4n) is 1.34. The average molecular weight is 220 g/mol. The van der Waals surface area contributed by atoms with Crippen LogP contribution in [0.25, 0.3) is 10.2 Å². The molecule has 1 N–H and O–H groups in total. The van der Waals surface area contributed by atoms with E-state index in [0.717, 1.165) is 10.2 Å². The van der Waals surface area contributed by atoms with Gasteiger partial charge in [-0.25, -0.2) is 4.98 Å². The smallest absolute Gasteiger partial charge is 0.251 e. The summed E-state index contributed by atoms with van der Waals surface area (Å²) in [5, 5.41) is 2.85. The highest BCUT2D eigenvalue weighted by atomic mass is 32.1. The molecule has 1 aromatic carbocycles. The SMILES string of the molecule is CC(C)NC(=O)c1ccc2scnc2c1. The first-order valence-corrected chi connectivity index (χ1v) is 5.69. The summed E-state index contributed by atoms with van der Waals surface area (Å²) in [6, 6.07) is 5.74. The molecule has 0 atom stereocenters. The van der Waals surface area contributed by atoms with Crippen molar-refractivity contribution in [3.05, 3.63) is 29.3 Å². The molecule has 2 rings (SSSR count). The zero-order valence-corrected chi connectivity index (χ0v) is 9.47. The van der Waals surface area contributed by atoms with Crippen LogP contribution in [-0.4, -0.2) is 16.9 Å². The fourth-order valence-corrected chi connectivity index (χ4v) is 2.00. The first-order chi connectivity index (χ1) is 7.16. The predicted octanol–water partition coefficient (Wildman–Crippen LogP) is 2.43. The molecule has 0 fully saturated rings. The van der Waals surface area contributed by atoms with Gasteiger partial charge in [-0.1, -0.05) is 0 Å². The predicted molar refractivity (Wildman–Crippen MR) is 62.2 cm³/mol. The maximum Gasteiger partial charge on any atom is 0.251 e. The van der Waals surface area contributed by atoms with Gasteiger partial charge in [-0.15, -0.1) is 11.3 Å². The third kappa shape index (κ3) is 2.15. The molecule has 0 spiro atoms. The molecule has 0 saturated carbocycles. The van der Waals surface area contributed by atoms with E-state index in [1.165, 1.54) is 0 Å². The first-order valence-electron chi connectivity index (χ1n) is 4.81. The summed E-state index contributed by atoms with van der Waals surface area (Å²) >= 11 is 1.58. The van der Waals surface area contributed by atoms with Gasteiger partial charge in [0.15, 0.2) is 0 Å². The van der Waals surface area contributed by atoms with Gasteiger partial charge in [0, 0.05) is 11.6 Å². The Bertz CT molecular complexity index is 490. The third-order valence-corrected chi connectivity index (χ3v) is 2.82. The van der Waals surface area contributed by atoms with Gasteiger partial charge in [0.05, 0.1) is 15.7 Å². The summed E-state index contributed by atoms with van der Waals surface area (Å²) in [5.74, 6) is -0.0418. The second-order valence-corrected chi connectivity index (χ2v) is 4.55. The molecular weight excluding hydrogens is 208 g/mol. The molecule has 2 aromatic rings. The molecule has 0 aliphatic carbocycles. The molecule has 4 heteroatoms. The number of hydrogen-bond donors (Lipinski definition) is 1. The fraction of sp³-hybridized carbons (Fsp3) is 0.273. The number of fused-ring (bicyclic) bond motifs is 1. The number of carbonyl (C=O) groups excluding carboxylic acids is 1. The number of aromatic nitrogens is 1. The van der Waals surface area contributed by atoms with Crippen molar-refractivity contribution in [2.45, 2.75) is 19.9 Å². The van der Waals surface area contributed by atoms with Gasteiger partial charge in [0.1, 0.15) is 0 Å². The lowest BCUT2D eigenvalue weighted by Crippen LogP contribution is -2.29. The quantitative estimate of drug-likeness (QED) is 0.844. The molecule has 78 valence electrons. The molecule has 1 heterocycles. The lowest BCUT2D eigenvalue weighted by atomic mass is 10.2. The minimum atomic E-state index is -0.0418. The van der Waals surface area contributed by atoms with Gasteiger partial charge in [-0.05, 0) is 32.0 Å². The van der Waals surface area contributed by atoms with Gasteiger partial charge in [-0.2, -0.15) is 0 Å². The normalized spacial score (nSPS) is 10.9. The second-order valence-electron chi connectivity index (χ2n) is 3.66. The van der Waals surface area contributed by atoms with Gasteiger partial charge in [0.25, 0.3) is 5.91 Å². The summed E-state index contributed by atoms with van der Waals surface area (Å²) in [5.41, 5.74) is 3.34. The first kappa shape index (κ1) is 10.1. The minimum absolute atomic E-state index is 0.0418. The van der Waals surface area contributed by atoms with Crippen molar-refractivity contribution in [2.24, 2.45) is 0 Å². The van der Waals surface area contributed by atoms with Crippen molar-refractivity contribution < 1.29 is 4.79 Å². The van der Waals surface area contributed by atoms with Crippen LogP contribution in [-0.2, 0) is 0 Å². The zero-order chi connectivity index (χ0) is 10.8. The highest BCUT2D eigenvalue weighted by Gasteiger charge is 2.07. The van der Waals surface area contributed by atoms with Crippen LogP contribution in [0, 0.1) is 0 Å². The Balaban J connectivity index is 2.31. The van der Waals surface area contributed by atoms with Gasteiger partial charge in [-0.3, -0.25) is 4.79 Å². The maximum absolute atomic E-state index is 11.7. The summed E-state index contributed by atoms with van der Waals surface area (Å²) in [6.45, 7) is 3.89. The number of rotatable bonds is 2. The number of benzene rings is 1. The van der Waals surface area contributed by atoms with Crippen molar-refractivity contribution >= 4 is 27.5 Å². The highest BCUT2D eigenvalue weighted by molar-refractivity contribution is 7.16. The van der Waals surface area contributed by atoms with Crippen LogP contribution in [0.2, 0.25) is 0 Å². The molecule has 1 aromatic heterocycles. The monoisotopic (exact) mass is 220 g/mol. The lowest BCUT2D eigenvalue weighted by Gasteiger charge is -2.07. The van der Waals surface area contributed by atoms with Crippen molar-refractivity contribution in [3.63, 3.8) is 0 Å². The van der Waals surface area contributed by atoms with Crippen LogP contribution in [0.1, 0.15) is 24.2 Å². The number of amides is 1. The second kappa shape index (κ2) is 3.98. The Morgan fingerprint density at radius 2 is 2.27 bits per heavy atom. The number of nitrogens with one attached hydrogen (secondary N) is 1. The van der Waals surface area contributed by atoms with E-state index < -0.39 is 0 Å². The van der Waals surface area contributed by atoms with Crippen molar-refractivity contribution in [2.75, 3.05) is 0 Å². The summed E-state index contributed by atoms with van der Waals surface area (Å²) in [6.07, 6.45) is 0. The molecule has 0 saturated heterocycles. The van der Waals surface area contributed by atoms with E-state index in [1.807, 2.05) is 32.0 Å². The van der Waals surface area contributed by atoms with Crippen LogP contribution in [0.5, 0.6) is 0 Å². The molecule has 0 bridgehead atoms. The topological polar surface area (TPSA) is 42.0 Å². The van der Waals surface area contributed by atoms with E-state index in [-0.39, 0.29) is 11.9 Å². The van der Waals surface area contributed by atoms with Crippen LogP contribution < -0.4 is 5.32 Å². The minimum Gasteiger partial charge on any atom is -0.350 e. The van der Waals surface area contributed by atoms with E-state index >= 15 is 0 Å². The lowest BCUT2D eigenvalue weighted by molar-refractivity contribution is 0.0943. The number of hydrogen-bond acceptors (Lipinski definition) is 3. The summed E-state index contributed by atoms with van der Waals surface area (Å²) < 4.78 is 1.11. The Morgan fingerprint density at radius 1 is 1.47 bits per heavy atom. The Hall–Kier alpha value is -1.42. The molecule has 0 radical (unpaired) electrons. The summed E-state index contributed by atoms with van der Waals surface area (Å²) in [4.78, 5) is 15.9. The largest absolute Gasteiger partial charge is 0.350 e. The number of thiazole rings is 1. The molecule has 1 amide bonds. The van der Waals surface area contributed by atoms with E-state index in [0.29, 0.717) is 5.56 Å². The van der Waals surface area contributed by atoms with E-state index in [1.54, 1.807) is 16.8 Å². The van der Waals surface area contributed by atoms with E-state index in [4.69, 9.17) is 0 Å². The molecule has 0 aliphatic heterocycles. The number of nitrogens with zero attached hydrogens (tertiary/aromatic N) is 1. The molecule has 15 heavy (non-hydrogen) atoms. The number of carbonyl (C=O) groups is 1. The van der Waals surface area contributed by atoms with Crippen molar-refractivity contribution in [1.29, 1.82) is 0 Å². The van der Waals surface area contributed by atoms with Crippen molar-refractivity contribution in [1.82, 2.24) is 10.3 Å². The molecule has 3 nitrogen and oxygen atoms in total. The van der Waals surface area contributed by atoms with E-state index in [9.17, 15) is 4.79 Å². The van der Waals surface area contributed by atoms with Crippen molar-refractivity contribution in [3.8, 4) is 0 Å². The van der Waals surface area contributed by atoms with Gasteiger partial charge >= 0.3 is 0 Å². The maximum atomic E-state index is 11.7. The van der Waals surface area contributed by atoms with E-state index in [2.05, 4.69) is 10.3 Å². The van der Waals surface area contributed by atoms with Crippen LogP contribution in [0.15, 0.2) is 23.7 Å². The molecular formula is C11H12N2OS. The Labute approximate surface area is 92.1 Å². The van der Waals surface area contributed by atoms with Gasteiger partial charge < -0.3 is 5.32 Å². The molecule has 0 unspecified atom stereocenters. The van der Waals surface area contributed by atoms with Crippen LogP contribution >= 0.6 is 11.3 Å². The van der Waals surface area contributed by atoms with Crippen LogP contribution in [0.3, 0.4) is 0 Å². The standard InChI is InChI=1S/C11H12N2OS/c1-7(2)13-11(14)8-3-4-10-9(5-8)12-6-15-10/h3-7H,1-2H3,(H,13,14). The summed E-state index contributed by atoms with van der Waals surface area (Å²) in [7, 11) is 0. The third-order valence-electron chi connectivity index (χ3n) is 2.01.